The number of ether oxygens (including phenoxy) is 1. The molecule has 1 heterocycles. The van der Waals surface area contributed by atoms with Crippen molar-refractivity contribution in [2.75, 3.05) is 6.54 Å². The van der Waals surface area contributed by atoms with Gasteiger partial charge in [-0.3, -0.25) is 9.69 Å². The number of carbonyl (C=O) groups is 2. The van der Waals surface area contributed by atoms with Crippen molar-refractivity contribution in [3.63, 3.8) is 0 Å². The normalized spacial score (nSPS) is 15.8. The molecule has 0 aliphatic carbocycles. The number of likely N-dealkylation sites (N-methyl/N-ethyl adjacent to an activating group) is 1. The lowest BCUT2D eigenvalue weighted by molar-refractivity contribution is -0.122. The summed E-state index contributed by atoms with van der Waals surface area (Å²) in [5.74, 6) is -0.420. The first-order chi connectivity index (χ1) is 16.4. The molecule has 1 fully saturated rings. The van der Waals surface area contributed by atoms with Crippen LogP contribution in [0.2, 0.25) is 0 Å². The minimum atomic E-state index is -0.992. The second kappa shape index (κ2) is 10.4. The van der Waals surface area contributed by atoms with E-state index in [1.54, 1.807) is 17.0 Å². The van der Waals surface area contributed by atoms with Crippen molar-refractivity contribution in [2.24, 2.45) is 4.99 Å². The summed E-state index contributed by atoms with van der Waals surface area (Å²) in [6, 6.07) is 22.1. The van der Waals surface area contributed by atoms with Crippen molar-refractivity contribution < 1.29 is 19.4 Å². The third-order valence-electron chi connectivity index (χ3n) is 5.26. The lowest BCUT2D eigenvalue weighted by Gasteiger charge is -2.12. The summed E-state index contributed by atoms with van der Waals surface area (Å²) in [7, 11) is 0. The molecule has 0 saturated carbocycles. The highest BCUT2D eigenvalue weighted by atomic mass is 32.2. The van der Waals surface area contributed by atoms with Crippen molar-refractivity contribution in [1.29, 1.82) is 0 Å². The van der Waals surface area contributed by atoms with E-state index in [4.69, 9.17) is 9.84 Å². The quantitative estimate of drug-likeness (QED) is 0.433. The van der Waals surface area contributed by atoms with Gasteiger partial charge in [-0.2, -0.15) is 0 Å². The number of benzene rings is 3. The van der Waals surface area contributed by atoms with Crippen LogP contribution in [0.3, 0.4) is 0 Å². The number of nitrogens with zero attached hydrogens (tertiary/aromatic N) is 2. The van der Waals surface area contributed by atoms with Crippen LogP contribution in [0.25, 0.3) is 6.08 Å². The van der Waals surface area contributed by atoms with E-state index in [0.717, 1.165) is 11.1 Å². The number of thioether (sulfide) groups is 1. The van der Waals surface area contributed by atoms with Gasteiger partial charge in [0.1, 0.15) is 12.4 Å². The van der Waals surface area contributed by atoms with Gasteiger partial charge in [-0.15, -0.1) is 0 Å². The van der Waals surface area contributed by atoms with Gasteiger partial charge < -0.3 is 9.84 Å². The predicted molar refractivity (Wildman–Crippen MR) is 135 cm³/mol. The van der Waals surface area contributed by atoms with Crippen LogP contribution in [0.4, 0.5) is 5.69 Å². The van der Waals surface area contributed by atoms with Gasteiger partial charge in [0.05, 0.1) is 16.2 Å². The molecule has 1 aliphatic heterocycles. The molecular formula is C27H24N2O4S. The molecule has 0 unspecified atom stereocenters. The number of para-hydroxylation sites is 1. The first-order valence-corrected chi connectivity index (χ1v) is 11.7. The molecule has 34 heavy (non-hydrogen) atoms. The molecule has 7 heteroatoms. The van der Waals surface area contributed by atoms with Crippen LogP contribution in [0.5, 0.6) is 5.75 Å². The van der Waals surface area contributed by atoms with Gasteiger partial charge in [0.25, 0.3) is 5.91 Å². The van der Waals surface area contributed by atoms with E-state index in [1.165, 1.54) is 29.5 Å². The number of aliphatic imine (C=N–C) groups is 1. The van der Waals surface area contributed by atoms with Crippen LogP contribution >= 0.6 is 11.8 Å². The van der Waals surface area contributed by atoms with E-state index >= 15 is 0 Å². The molecular weight excluding hydrogens is 448 g/mol. The Morgan fingerprint density at radius 3 is 2.44 bits per heavy atom. The van der Waals surface area contributed by atoms with Crippen molar-refractivity contribution in [3.05, 3.63) is 100.0 Å². The first kappa shape index (κ1) is 23.3. The molecule has 0 aromatic heterocycles. The van der Waals surface area contributed by atoms with E-state index in [1.807, 2.05) is 56.3 Å². The summed E-state index contributed by atoms with van der Waals surface area (Å²) >= 11 is 1.29. The highest BCUT2D eigenvalue weighted by Gasteiger charge is 2.32. The van der Waals surface area contributed by atoms with Gasteiger partial charge in [-0.25, -0.2) is 9.79 Å². The van der Waals surface area contributed by atoms with E-state index < -0.39 is 5.97 Å². The molecule has 1 aliphatic rings. The number of hydrogen-bond acceptors (Lipinski definition) is 5. The topological polar surface area (TPSA) is 79.2 Å². The summed E-state index contributed by atoms with van der Waals surface area (Å²) in [4.78, 5) is 30.9. The van der Waals surface area contributed by atoms with Crippen LogP contribution in [0, 0.1) is 6.92 Å². The molecule has 1 N–H and O–H groups in total. The van der Waals surface area contributed by atoms with Crippen LogP contribution in [-0.4, -0.2) is 33.6 Å². The molecule has 0 bridgehead atoms. The molecule has 0 atom stereocenters. The predicted octanol–water partition coefficient (Wildman–Crippen LogP) is 5.90. The third-order valence-corrected chi connectivity index (χ3v) is 6.27. The Bertz CT molecular complexity index is 1260. The maximum atomic E-state index is 13.0. The second-order valence-corrected chi connectivity index (χ2v) is 8.73. The standard InChI is InChI=1S/C27H24N2O4S/c1-3-29-25(30)24(34-27(29)28-22-14-12-20(13-15-22)26(31)32)16-21-6-4-5-7-23(21)33-17-19-10-8-18(2)9-11-19/h4-16H,3,17H2,1-2H3,(H,31,32)/b24-16-,28-27?. The number of carbonyl (C=O) groups excluding carboxylic acids is 1. The average molecular weight is 473 g/mol. The highest BCUT2D eigenvalue weighted by molar-refractivity contribution is 8.18. The number of amides is 1. The van der Waals surface area contributed by atoms with Gasteiger partial charge >= 0.3 is 5.97 Å². The zero-order chi connectivity index (χ0) is 24.1. The maximum absolute atomic E-state index is 13.0. The molecule has 3 aromatic carbocycles. The van der Waals surface area contributed by atoms with Crippen molar-refractivity contribution in [3.8, 4) is 5.75 Å². The Labute approximate surface area is 202 Å². The van der Waals surface area contributed by atoms with E-state index in [0.29, 0.717) is 34.7 Å². The zero-order valence-corrected chi connectivity index (χ0v) is 19.7. The monoisotopic (exact) mass is 472 g/mol. The van der Waals surface area contributed by atoms with E-state index in [9.17, 15) is 9.59 Å². The van der Waals surface area contributed by atoms with Gasteiger partial charge in [0.2, 0.25) is 0 Å². The number of aryl methyl sites for hydroxylation is 1. The Balaban J connectivity index is 1.56. The summed E-state index contributed by atoms with van der Waals surface area (Å²) in [6.45, 7) is 4.84. The Kier molecular flexibility index (Phi) is 7.13. The summed E-state index contributed by atoms with van der Waals surface area (Å²) in [5, 5.41) is 9.63. The lowest BCUT2D eigenvalue weighted by Crippen LogP contribution is -2.28. The zero-order valence-electron chi connectivity index (χ0n) is 18.9. The van der Waals surface area contributed by atoms with Crippen molar-refractivity contribution >= 4 is 40.6 Å². The highest BCUT2D eigenvalue weighted by Crippen LogP contribution is 2.35. The number of carboxylic acid groups (broad SMARTS) is 1. The van der Waals surface area contributed by atoms with Crippen LogP contribution < -0.4 is 4.74 Å². The average Bonchev–Trinajstić information content (AvgIpc) is 3.13. The maximum Gasteiger partial charge on any atom is 0.335 e. The fourth-order valence-corrected chi connectivity index (χ4v) is 4.43. The molecule has 0 radical (unpaired) electrons. The van der Waals surface area contributed by atoms with Gasteiger partial charge in [-0.1, -0.05) is 48.0 Å². The minimum absolute atomic E-state index is 0.123. The molecule has 4 rings (SSSR count). The van der Waals surface area contributed by atoms with Gasteiger partial charge in [0, 0.05) is 12.1 Å². The van der Waals surface area contributed by atoms with Crippen molar-refractivity contribution in [1.82, 2.24) is 4.90 Å². The lowest BCUT2D eigenvalue weighted by atomic mass is 10.1. The third kappa shape index (κ3) is 5.38. The van der Waals surface area contributed by atoms with E-state index in [2.05, 4.69) is 17.1 Å². The van der Waals surface area contributed by atoms with Crippen LogP contribution in [-0.2, 0) is 11.4 Å². The van der Waals surface area contributed by atoms with Crippen molar-refractivity contribution in [2.45, 2.75) is 20.5 Å². The number of rotatable bonds is 7. The molecule has 3 aromatic rings. The SMILES string of the molecule is CCN1C(=O)/C(=C/c2ccccc2OCc2ccc(C)cc2)SC1=Nc1ccc(C(=O)O)cc1. The molecule has 1 amide bonds. The Morgan fingerprint density at radius 1 is 1.06 bits per heavy atom. The smallest absolute Gasteiger partial charge is 0.335 e. The van der Waals surface area contributed by atoms with Crippen LogP contribution in [0.1, 0.15) is 34.0 Å². The van der Waals surface area contributed by atoms with Gasteiger partial charge in [0.15, 0.2) is 5.17 Å². The molecule has 6 nitrogen and oxygen atoms in total. The molecule has 172 valence electrons. The molecule has 1 saturated heterocycles. The fourth-order valence-electron chi connectivity index (χ4n) is 3.38. The number of carboxylic acids is 1. The summed E-state index contributed by atoms with van der Waals surface area (Å²) in [6.07, 6.45) is 1.83. The number of amidine groups is 1. The van der Waals surface area contributed by atoms with Gasteiger partial charge in [-0.05, 0) is 67.6 Å². The Morgan fingerprint density at radius 2 is 1.76 bits per heavy atom. The fraction of sp³-hybridized carbons (Fsp3) is 0.148. The first-order valence-electron chi connectivity index (χ1n) is 10.9. The number of hydrogen-bond donors (Lipinski definition) is 1. The summed E-state index contributed by atoms with van der Waals surface area (Å²) in [5.41, 5.74) is 3.85. The number of aromatic carboxylic acids is 1. The van der Waals surface area contributed by atoms with Crippen LogP contribution in [0.15, 0.2) is 82.7 Å². The van der Waals surface area contributed by atoms with E-state index in [-0.39, 0.29) is 11.5 Å². The molecule has 0 spiro atoms. The Hall–Kier alpha value is -3.84. The minimum Gasteiger partial charge on any atom is -0.488 e. The largest absolute Gasteiger partial charge is 0.488 e. The second-order valence-electron chi connectivity index (χ2n) is 7.72. The summed E-state index contributed by atoms with van der Waals surface area (Å²) < 4.78 is 6.06.